The molecule has 0 radical (unpaired) electrons. The van der Waals surface area contributed by atoms with Crippen LogP contribution in [0.4, 0.5) is 0 Å². The molecule has 0 aromatic carbocycles. The summed E-state index contributed by atoms with van der Waals surface area (Å²) in [6.07, 6.45) is 0.480. The molecule has 0 aromatic heterocycles. The van der Waals surface area contributed by atoms with Crippen LogP contribution in [0, 0.1) is 5.92 Å². The molecule has 0 aromatic rings. The fourth-order valence-corrected chi connectivity index (χ4v) is 3.45. The lowest BCUT2D eigenvalue weighted by Crippen LogP contribution is -2.58. The minimum absolute atomic E-state index is 0.0268. The van der Waals surface area contributed by atoms with Crippen molar-refractivity contribution in [2.75, 3.05) is 24.6 Å². The van der Waals surface area contributed by atoms with Crippen LogP contribution in [-0.4, -0.2) is 45.0 Å². The fourth-order valence-electron chi connectivity index (χ4n) is 1.71. The van der Waals surface area contributed by atoms with E-state index in [4.69, 9.17) is 0 Å². The SMILES string of the molecule is O=C(NC1CNC1)C1CCS(=O)(=O)C1. The summed E-state index contributed by atoms with van der Waals surface area (Å²) >= 11 is 0. The maximum Gasteiger partial charge on any atom is 0.224 e. The summed E-state index contributed by atoms with van der Waals surface area (Å²) in [5.74, 6) is -0.231. The number of nitrogens with one attached hydrogen (secondary N) is 2. The van der Waals surface area contributed by atoms with E-state index in [1.54, 1.807) is 0 Å². The first-order chi connectivity index (χ1) is 6.57. The van der Waals surface area contributed by atoms with Gasteiger partial charge in [-0.05, 0) is 6.42 Å². The molecule has 2 rings (SSSR count). The van der Waals surface area contributed by atoms with E-state index >= 15 is 0 Å². The summed E-state index contributed by atoms with van der Waals surface area (Å²) in [7, 11) is -2.94. The Bertz CT molecular complexity index is 334. The highest BCUT2D eigenvalue weighted by molar-refractivity contribution is 7.91. The zero-order chi connectivity index (χ0) is 10.2. The van der Waals surface area contributed by atoms with Gasteiger partial charge in [-0.15, -0.1) is 0 Å². The molecule has 1 unspecified atom stereocenters. The second-order valence-electron chi connectivity index (χ2n) is 3.96. The van der Waals surface area contributed by atoms with Crippen LogP contribution in [0.2, 0.25) is 0 Å². The van der Waals surface area contributed by atoms with E-state index in [0.717, 1.165) is 13.1 Å². The molecule has 80 valence electrons. The largest absolute Gasteiger partial charge is 0.351 e. The van der Waals surface area contributed by atoms with Gasteiger partial charge in [-0.25, -0.2) is 8.42 Å². The Morgan fingerprint density at radius 3 is 2.50 bits per heavy atom. The third kappa shape index (κ3) is 2.06. The van der Waals surface area contributed by atoms with Crippen LogP contribution in [0.25, 0.3) is 0 Å². The molecule has 2 aliphatic heterocycles. The summed E-state index contributed by atoms with van der Waals surface area (Å²) in [5.41, 5.74) is 0. The standard InChI is InChI=1S/C8H14N2O3S/c11-8(10-7-3-9-4-7)6-1-2-14(12,13)5-6/h6-7,9H,1-5H2,(H,10,11). The molecule has 2 N–H and O–H groups in total. The van der Waals surface area contributed by atoms with E-state index in [0.29, 0.717) is 6.42 Å². The van der Waals surface area contributed by atoms with Gasteiger partial charge in [0.1, 0.15) is 0 Å². The smallest absolute Gasteiger partial charge is 0.224 e. The van der Waals surface area contributed by atoms with Crippen LogP contribution >= 0.6 is 0 Å². The van der Waals surface area contributed by atoms with E-state index in [9.17, 15) is 13.2 Å². The number of carbonyl (C=O) groups is 1. The molecule has 0 bridgehead atoms. The van der Waals surface area contributed by atoms with Crippen molar-refractivity contribution in [3.05, 3.63) is 0 Å². The van der Waals surface area contributed by atoms with Crippen LogP contribution in [0.3, 0.4) is 0 Å². The van der Waals surface area contributed by atoms with Gasteiger partial charge in [0.15, 0.2) is 9.84 Å². The summed E-state index contributed by atoms with van der Waals surface area (Å²) in [5, 5.41) is 5.87. The van der Waals surface area contributed by atoms with Gasteiger partial charge < -0.3 is 10.6 Å². The van der Waals surface area contributed by atoms with Crippen molar-refractivity contribution in [2.24, 2.45) is 5.92 Å². The Morgan fingerprint density at radius 1 is 1.36 bits per heavy atom. The van der Waals surface area contributed by atoms with Crippen molar-refractivity contribution >= 4 is 15.7 Å². The molecule has 14 heavy (non-hydrogen) atoms. The van der Waals surface area contributed by atoms with Gasteiger partial charge in [0.2, 0.25) is 5.91 Å². The molecule has 6 heteroatoms. The average molecular weight is 218 g/mol. The van der Waals surface area contributed by atoms with Gasteiger partial charge in [-0.2, -0.15) is 0 Å². The molecule has 2 fully saturated rings. The normalized spacial score (nSPS) is 31.0. The van der Waals surface area contributed by atoms with Crippen LogP contribution in [0.15, 0.2) is 0 Å². The Morgan fingerprint density at radius 2 is 2.07 bits per heavy atom. The van der Waals surface area contributed by atoms with Crippen molar-refractivity contribution < 1.29 is 13.2 Å². The van der Waals surface area contributed by atoms with Crippen molar-refractivity contribution in [2.45, 2.75) is 12.5 Å². The predicted molar refractivity (Wildman–Crippen MR) is 51.6 cm³/mol. The van der Waals surface area contributed by atoms with Crippen molar-refractivity contribution in [3.63, 3.8) is 0 Å². The van der Waals surface area contributed by atoms with Gasteiger partial charge in [0.25, 0.3) is 0 Å². The molecular weight excluding hydrogens is 204 g/mol. The maximum atomic E-state index is 11.5. The number of hydrogen-bond acceptors (Lipinski definition) is 4. The number of rotatable bonds is 2. The summed E-state index contributed by atoms with van der Waals surface area (Å²) in [6.45, 7) is 1.59. The minimum Gasteiger partial charge on any atom is -0.351 e. The van der Waals surface area contributed by atoms with Crippen LogP contribution in [-0.2, 0) is 14.6 Å². The van der Waals surface area contributed by atoms with Crippen LogP contribution in [0.1, 0.15) is 6.42 Å². The lowest BCUT2D eigenvalue weighted by molar-refractivity contribution is -0.125. The van der Waals surface area contributed by atoms with E-state index in [2.05, 4.69) is 10.6 Å². The maximum absolute atomic E-state index is 11.5. The summed E-state index contributed by atoms with van der Waals surface area (Å²) in [6, 6.07) is 0.200. The Balaban J connectivity index is 1.86. The molecule has 2 heterocycles. The third-order valence-corrected chi connectivity index (χ3v) is 4.50. The summed E-state index contributed by atoms with van der Waals surface area (Å²) in [4.78, 5) is 11.5. The topological polar surface area (TPSA) is 75.3 Å². The highest BCUT2D eigenvalue weighted by Crippen LogP contribution is 2.18. The Labute approximate surface area is 83.2 Å². The highest BCUT2D eigenvalue weighted by atomic mass is 32.2. The number of hydrogen-bond donors (Lipinski definition) is 2. The van der Waals surface area contributed by atoms with Crippen molar-refractivity contribution in [1.82, 2.24) is 10.6 Å². The molecule has 1 amide bonds. The Kier molecular flexibility index (Phi) is 2.48. The summed E-state index contributed by atoms with van der Waals surface area (Å²) < 4.78 is 22.2. The second-order valence-corrected chi connectivity index (χ2v) is 6.19. The zero-order valence-electron chi connectivity index (χ0n) is 7.82. The lowest BCUT2D eigenvalue weighted by Gasteiger charge is -2.28. The number of carbonyl (C=O) groups excluding carboxylic acids is 1. The molecular formula is C8H14N2O3S. The van der Waals surface area contributed by atoms with E-state index in [1.165, 1.54) is 0 Å². The van der Waals surface area contributed by atoms with Gasteiger partial charge in [-0.3, -0.25) is 4.79 Å². The average Bonchev–Trinajstić information content (AvgIpc) is 2.38. The van der Waals surface area contributed by atoms with Crippen LogP contribution in [0.5, 0.6) is 0 Å². The van der Waals surface area contributed by atoms with Crippen molar-refractivity contribution in [3.8, 4) is 0 Å². The van der Waals surface area contributed by atoms with E-state index in [-0.39, 0.29) is 29.4 Å². The minimum atomic E-state index is -2.94. The zero-order valence-corrected chi connectivity index (χ0v) is 8.64. The first kappa shape index (κ1) is 9.92. The van der Waals surface area contributed by atoms with Gasteiger partial charge >= 0.3 is 0 Å². The molecule has 5 nitrogen and oxygen atoms in total. The highest BCUT2D eigenvalue weighted by Gasteiger charge is 2.34. The first-order valence-corrected chi connectivity index (χ1v) is 6.60. The quantitative estimate of drug-likeness (QED) is 0.592. The van der Waals surface area contributed by atoms with Crippen molar-refractivity contribution in [1.29, 1.82) is 0 Å². The van der Waals surface area contributed by atoms with Crippen LogP contribution < -0.4 is 10.6 Å². The van der Waals surface area contributed by atoms with Gasteiger partial charge in [0, 0.05) is 13.1 Å². The number of amides is 1. The third-order valence-electron chi connectivity index (χ3n) is 2.73. The molecule has 1 atom stereocenters. The molecule has 0 saturated carbocycles. The Hall–Kier alpha value is -0.620. The molecule has 2 aliphatic rings. The van der Waals surface area contributed by atoms with E-state index < -0.39 is 9.84 Å². The van der Waals surface area contributed by atoms with Gasteiger partial charge in [-0.1, -0.05) is 0 Å². The van der Waals surface area contributed by atoms with E-state index in [1.807, 2.05) is 0 Å². The van der Waals surface area contributed by atoms with Gasteiger partial charge in [0.05, 0.1) is 23.5 Å². The first-order valence-electron chi connectivity index (χ1n) is 4.78. The molecule has 0 spiro atoms. The number of sulfone groups is 1. The molecule has 0 aliphatic carbocycles. The second kappa shape index (κ2) is 3.51. The monoisotopic (exact) mass is 218 g/mol. The lowest BCUT2D eigenvalue weighted by atomic mass is 10.1. The fraction of sp³-hybridized carbons (Fsp3) is 0.875. The molecule has 2 saturated heterocycles. The predicted octanol–water partition coefficient (Wildman–Crippen LogP) is -1.49.